The molecule has 28 heavy (non-hydrogen) atoms. The van der Waals surface area contributed by atoms with Crippen LogP contribution in [0.1, 0.15) is 35.2 Å². The average molecular weight is 377 g/mol. The Hall–Kier alpha value is -3.14. The van der Waals surface area contributed by atoms with Crippen molar-refractivity contribution in [1.29, 1.82) is 0 Å². The van der Waals surface area contributed by atoms with E-state index in [1.807, 2.05) is 42.5 Å². The highest BCUT2D eigenvalue weighted by molar-refractivity contribution is 5.93. The molecule has 2 N–H and O–H groups in total. The Morgan fingerprint density at radius 3 is 2.18 bits per heavy atom. The van der Waals surface area contributed by atoms with Crippen LogP contribution in [-0.2, 0) is 6.42 Å². The van der Waals surface area contributed by atoms with E-state index in [2.05, 4.69) is 0 Å². The largest absolute Gasteiger partial charge is 0.494 e. The second-order valence-electron chi connectivity index (χ2n) is 6.76. The number of hydrogen-bond acceptors (Lipinski definition) is 2. The van der Waals surface area contributed by atoms with Crippen molar-refractivity contribution in [1.82, 2.24) is 0 Å². The van der Waals surface area contributed by atoms with Crippen molar-refractivity contribution in [3.05, 3.63) is 89.7 Å². The Kier molecular flexibility index (Phi) is 6.79. The van der Waals surface area contributed by atoms with Crippen molar-refractivity contribution in [2.75, 3.05) is 6.61 Å². The van der Waals surface area contributed by atoms with Gasteiger partial charge in [-0.05, 0) is 78.8 Å². The predicted molar refractivity (Wildman–Crippen MR) is 110 cm³/mol. The van der Waals surface area contributed by atoms with Crippen LogP contribution >= 0.6 is 0 Å². The van der Waals surface area contributed by atoms with Gasteiger partial charge in [-0.3, -0.25) is 4.79 Å². The first-order chi connectivity index (χ1) is 13.6. The van der Waals surface area contributed by atoms with Crippen molar-refractivity contribution >= 4 is 5.91 Å². The summed E-state index contributed by atoms with van der Waals surface area (Å²) in [5, 5.41) is 0. The second kappa shape index (κ2) is 9.70. The smallest absolute Gasteiger partial charge is 0.248 e. The van der Waals surface area contributed by atoms with Crippen LogP contribution in [-0.4, -0.2) is 12.5 Å². The summed E-state index contributed by atoms with van der Waals surface area (Å²) in [5.74, 6) is 0.238. The molecule has 3 nitrogen and oxygen atoms in total. The minimum atomic E-state index is -0.425. The van der Waals surface area contributed by atoms with E-state index >= 15 is 0 Å². The molecule has 0 heterocycles. The molecule has 0 aliphatic rings. The summed E-state index contributed by atoms with van der Waals surface area (Å²) in [6, 6.07) is 21.9. The lowest BCUT2D eigenvalue weighted by atomic mass is 10.0. The Bertz CT molecular complexity index is 905. The third-order valence-electron chi connectivity index (χ3n) is 4.62. The van der Waals surface area contributed by atoms with E-state index < -0.39 is 5.91 Å². The minimum absolute atomic E-state index is 0.173. The molecule has 3 aromatic carbocycles. The number of amides is 1. The van der Waals surface area contributed by atoms with E-state index in [1.165, 1.54) is 6.07 Å². The summed E-state index contributed by atoms with van der Waals surface area (Å²) in [6.07, 6.45) is 3.92. The summed E-state index contributed by atoms with van der Waals surface area (Å²) >= 11 is 0. The Morgan fingerprint density at radius 1 is 0.857 bits per heavy atom. The Balaban J connectivity index is 1.40. The van der Waals surface area contributed by atoms with E-state index in [-0.39, 0.29) is 5.82 Å². The number of ether oxygens (including phenoxy) is 1. The highest BCUT2D eigenvalue weighted by Crippen LogP contribution is 2.23. The number of rotatable bonds is 9. The van der Waals surface area contributed by atoms with Crippen LogP contribution in [0, 0.1) is 5.82 Å². The quantitative estimate of drug-likeness (QED) is 0.509. The van der Waals surface area contributed by atoms with Gasteiger partial charge in [0.1, 0.15) is 11.6 Å². The van der Waals surface area contributed by atoms with Gasteiger partial charge in [-0.1, -0.05) is 36.4 Å². The fourth-order valence-electron chi connectivity index (χ4n) is 3.06. The third-order valence-corrected chi connectivity index (χ3v) is 4.62. The van der Waals surface area contributed by atoms with Gasteiger partial charge in [-0.25, -0.2) is 4.39 Å². The summed E-state index contributed by atoms with van der Waals surface area (Å²) in [6.45, 7) is 0.663. The van der Waals surface area contributed by atoms with Crippen LogP contribution in [0.15, 0.2) is 72.8 Å². The molecule has 4 heteroatoms. The fraction of sp³-hybridized carbons (Fsp3) is 0.208. The number of unbranched alkanes of at least 4 members (excludes halogenated alkanes) is 2. The van der Waals surface area contributed by atoms with Gasteiger partial charge < -0.3 is 10.5 Å². The lowest BCUT2D eigenvalue weighted by Crippen LogP contribution is -2.10. The molecule has 0 atom stereocenters. The maximum Gasteiger partial charge on any atom is 0.248 e. The van der Waals surface area contributed by atoms with Crippen molar-refractivity contribution in [3.8, 4) is 16.9 Å². The molecule has 144 valence electrons. The molecule has 3 aromatic rings. The maximum absolute atomic E-state index is 13.1. The minimum Gasteiger partial charge on any atom is -0.494 e. The molecule has 1 amide bonds. The van der Waals surface area contributed by atoms with Gasteiger partial charge in [0.2, 0.25) is 5.91 Å². The van der Waals surface area contributed by atoms with E-state index in [0.717, 1.165) is 48.1 Å². The number of carbonyl (C=O) groups excluding carboxylic acids is 1. The highest BCUT2D eigenvalue weighted by Gasteiger charge is 2.03. The highest BCUT2D eigenvalue weighted by atomic mass is 19.1. The summed E-state index contributed by atoms with van der Waals surface area (Å²) < 4.78 is 18.9. The zero-order valence-corrected chi connectivity index (χ0v) is 15.7. The normalized spacial score (nSPS) is 10.6. The van der Waals surface area contributed by atoms with E-state index in [4.69, 9.17) is 10.5 Å². The monoisotopic (exact) mass is 377 g/mol. The molecule has 0 spiro atoms. The Labute approximate surface area is 165 Å². The topological polar surface area (TPSA) is 52.3 Å². The zero-order valence-electron chi connectivity index (χ0n) is 15.7. The van der Waals surface area contributed by atoms with Crippen LogP contribution in [0.3, 0.4) is 0 Å². The van der Waals surface area contributed by atoms with Crippen LogP contribution in [0.4, 0.5) is 4.39 Å². The lowest BCUT2D eigenvalue weighted by molar-refractivity contribution is 0.100. The second-order valence-corrected chi connectivity index (χ2v) is 6.76. The van der Waals surface area contributed by atoms with Crippen LogP contribution in [0.2, 0.25) is 0 Å². The van der Waals surface area contributed by atoms with Crippen molar-refractivity contribution in [2.45, 2.75) is 25.7 Å². The maximum atomic E-state index is 13.1. The molecule has 0 radical (unpaired) electrons. The molecular formula is C24H24FNO2. The van der Waals surface area contributed by atoms with Crippen LogP contribution < -0.4 is 10.5 Å². The van der Waals surface area contributed by atoms with Crippen LogP contribution in [0.5, 0.6) is 5.75 Å². The molecular weight excluding hydrogens is 353 g/mol. The molecule has 0 aliphatic carbocycles. The zero-order chi connectivity index (χ0) is 19.8. The molecule has 0 saturated carbocycles. The standard InChI is InChI=1S/C24H24FNO2/c25-22-7-4-6-18(17-22)5-2-1-3-16-28-23-14-12-20(13-15-23)19-8-10-21(11-9-19)24(26)27/h4,6-15,17H,1-3,5,16H2,(H2,26,27). The first kappa shape index (κ1) is 19.6. The fourth-order valence-corrected chi connectivity index (χ4v) is 3.06. The predicted octanol–water partition coefficient (Wildman–Crippen LogP) is 5.38. The average Bonchev–Trinajstić information content (AvgIpc) is 2.71. The molecule has 0 unspecified atom stereocenters. The summed E-state index contributed by atoms with van der Waals surface area (Å²) in [7, 11) is 0. The molecule has 3 rings (SSSR count). The summed E-state index contributed by atoms with van der Waals surface area (Å²) in [4.78, 5) is 11.1. The number of aryl methyl sites for hydroxylation is 1. The number of carbonyl (C=O) groups is 1. The molecule has 0 saturated heterocycles. The Morgan fingerprint density at radius 2 is 1.54 bits per heavy atom. The van der Waals surface area contributed by atoms with Gasteiger partial charge in [0.15, 0.2) is 0 Å². The number of nitrogens with two attached hydrogens (primary N) is 1. The van der Waals surface area contributed by atoms with Crippen LogP contribution in [0.25, 0.3) is 11.1 Å². The number of hydrogen-bond donors (Lipinski definition) is 1. The molecule has 0 aromatic heterocycles. The molecule has 0 bridgehead atoms. The van der Waals surface area contributed by atoms with Gasteiger partial charge in [-0.15, -0.1) is 0 Å². The summed E-state index contributed by atoms with van der Waals surface area (Å²) in [5.41, 5.74) is 8.88. The van der Waals surface area contributed by atoms with Gasteiger partial charge >= 0.3 is 0 Å². The van der Waals surface area contributed by atoms with E-state index in [9.17, 15) is 9.18 Å². The van der Waals surface area contributed by atoms with Gasteiger partial charge in [0, 0.05) is 5.56 Å². The number of benzene rings is 3. The van der Waals surface area contributed by atoms with Crippen molar-refractivity contribution < 1.29 is 13.9 Å². The first-order valence-corrected chi connectivity index (χ1v) is 9.49. The molecule has 0 aliphatic heterocycles. The van der Waals surface area contributed by atoms with Gasteiger partial charge in [-0.2, -0.15) is 0 Å². The van der Waals surface area contributed by atoms with Crippen molar-refractivity contribution in [3.63, 3.8) is 0 Å². The van der Waals surface area contributed by atoms with E-state index in [0.29, 0.717) is 12.2 Å². The SMILES string of the molecule is NC(=O)c1ccc(-c2ccc(OCCCCCc3cccc(F)c3)cc2)cc1. The lowest BCUT2D eigenvalue weighted by Gasteiger charge is -2.08. The number of halogens is 1. The van der Waals surface area contributed by atoms with Gasteiger partial charge in [0.05, 0.1) is 6.61 Å². The molecule has 0 fully saturated rings. The van der Waals surface area contributed by atoms with E-state index in [1.54, 1.807) is 24.3 Å². The first-order valence-electron chi connectivity index (χ1n) is 9.49. The van der Waals surface area contributed by atoms with Gasteiger partial charge in [0.25, 0.3) is 0 Å². The number of primary amides is 1. The third kappa shape index (κ3) is 5.68. The van der Waals surface area contributed by atoms with Crippen molar-refractivity contribution in [2.24, 2.45) is 5.73 Å².